The third-order valence-electron chi connectivity index (χ3n) is 4.90. The summed E-state index contributed by atoms with van der Waals surface area (Å²) < 4.78 is 0. The lowest BCUT2D eigenvalue weighted by molar-refractivity contribution is -0.384. The molecule has 6 nitrogen and oxygen atoms in total. The maximum atomic E-state index is 11.2. The fraction of sp³-hybridized carbons (Fsp3) is 0.0870. The van der Waals surface area contributed by atoms with Crippen molar-refractivity contribution in [1.29, 1.82) is 5.26 Å². The van der Waals surface area contributed by atoms with Crippen molar-refractivity contribution in [2.24, 2.45) is 0 Å². The second-order valence-electron chi connectivity index (χ2n) is 6.70. The number of hydrazine groups is 1. The van der Waals surface area contributed by atoms with E-state index in [1.165, 1.54) is 12.1 Å². The van der Waals surface area contributed by atoms with Crippen molar-refractivity contribution in [3.8, 4) is 6.07 Å². The Balaban J connectivity index is 1.75. The van der Waals surface area contributed by atoms with Crippen LogP contribution in [0, 0.1) is 21.4 Å². The monoisotopic (exact) mass is 382 g/mol. The minimum Gasteiger partial charge on any atom is -0.316 e. The molecule has 0 aliphatic carbocycles. The van der Waals surface area contributed by atoms with Crippen LogP contribution in [0.1, 0.15) is 28.8 Å². The standard InChI is InChI=1S/C23H18N4O2/c24-16-23(19-12-7-13-20(14-19)27(28)29)26-22(18-10-5-2-6-11-18)15-21(25-26)17-8-3-1-4-9-17/h1-15,22-23,25H/t22-,23-/m1/s1. The third-order valence-corrected chi connectivity index (χ3v) is 4.90. The maximum Gasteiger partial charge on any atom is 0.269 e. The lowest BCUT2D eigenvalue weighted by Gasteiger charge is -2.29. The van der Waals surface area contributed by atoms with Gasteiger partial charge in [-0.3, -0.25) is 10.1 Å². The van der Waals surface area contributed by atoms with Crippen LogP contribution < -0.4 is 5.43 Å². The van der Waals surface area contributed by atoms with Crippen molar-refractivity contribution in [3.05, 3.63) is 118 Å². The number of non-ortho nitro benzene ring substituents is 1. The molecule has 0 saturated carbocycles. The number of nitriles is 1. The average Bonchev–Trinajstić information content (AvgIpc) is 3.21. The molecule has 4 rings (SSSR count). The normalized spacial score (nSPS) is 17.1. The molecule has 2 atom stereocenters. The van der Waals surface area contributed by atoms with Crippen LogP contribution in [-0.2, 0) is 0 Å². The van der Waals surface area contributed by atoms with Crippen molar-refractivity contribution in [2.75, 3.05) is 0 Å². The van der Waals surface area contributed by atoms with E-state index in [4.69, 9.17) is 0 Å². The third kappa shape index (κ3) is 3.72. The first-order valence-electron chi connectivity index (χ1n) is 9.18. The second-order valence-corrected chi connectivity index (χ2v) is 6.70. The highest BCUT2D eigenvalue weighted by Gasteiger charge is 2.34. The minimum absolute atomic E-state index is 0.0329. The molecule has 0 radical (unpaired) electrons. The Morgan fingerprint density at radius 1 is 1.00 bits per heavy atom. The molecule has 3 aromatic carbocycles. The van der Waals surface area contributed by atoms with Crippen molar-refractivity contribution >= 4 is 11.4 Å². The Morgan fingerprint density at radius 3 is 2.34 bits per heavy atom. The van der Waals surface area contributed by atoms with Crippen LogP contribution in [0.4, 0.5) is 5.69 Å². The largest absolute Gasteiger partial charge is 0.316 e. The van der Waals surface area contributed by atoms with Gasteiger partial charge in [0.15, 0.2) is 0 Å². The quantitative estimate of drug-likeness (QED) is 0.508. The van der Waals surface area contributed by atoms with E-state index < -0.39 is 11.0 Å². The molecule has 0 amide bonds. The van der Waals surface area contributed by atoms with Crippen LogP contribution in [0.3, 0.4) is 0 Å². The number of benzene rings is 3. The zero-order valence-corrected chi connectivity index (χ0v) is 15.5. The SMILES string of the molecule is N#C[C@H](c1cccc([N+](=O)[O-])c1)N1NC(c2ccccc2)=C[C@@H]1c1ccccc1. The highest BCUT2D eigenvalue weighted by atomic mass is 16.6. The Hall–Kier alpha value is -3.95. The van der Waals surface area contributed by atoms with Gasteiger partial charge in [-0.1, -0.05) is 72.8 Å². The van der Waals surface area contributed by atoms with Gasteiger partial charge in [-0.15, -0.1) is 0 Å². The fourth-order valence-corrected chi connectivity index (χ4v) is 3.50. The van der Waals surface area contributed by atoms with Gasteiger partial charge in [0.1, 0.15) is 6.04 Å². The van der Waals surface area contributed by atoms with E-state index in [9.17, 15) is 15.4 Å². The van der Waals surface area contributed by atoms with Crippen LogP contribution in [0.5, 0.6) is 0 Å². The molecule has 29 heavy (non-hydrogen) atoms. The van der Waals surface area contributed by atoms with E-state index >= 15 is 0 Å². The van der Waals surface area contributed by atoms with E-state index in [1.54, 1.807) is 12.1 Å². The van der Waals surface area contributed by atoms with Crippen LogP contribution in [-0.4, -0.2) is 9.93 Å². The maximum absolute atomic E-state index is 11.2. The van der Waals surface area contributed by atoms with E-state index in [2.05, 4.69) is 17.6 Å². The number of nitro groups is 1. The summed E-state index contributed by atoms with van der Waals surface area (Å²) in [6.45, 7) is 0. The van der Waals surface area contributed by atoms with E-state index in [0.29, 0.717) is 5.56 Å². The second kappa shape index (κ2) is 7.97. The van der Waals surface area contributed by atoms with Crippen LogP contribution in [0.25, 0.3) is 5.70 Å². The van der Waals surface area contributed by atoms with Crippen LogP contribution in [0.15, 0.2) is 91.0 Å². The number of nitrogens with zero attached hydrogens (tertiary/aromatic N) is 3. The van der Waals surface area contributed by atoms with Gasteiger partial charge >= 0.3 is 0 Å². The zero-order valence-electron chi connectivity index (χ0n) is 15.5. The Labute approximate surface area is 168 Å². The molecule has 0 unspecified atom stereocenters. The van der Waals surface area contributed by atoms with Gasteiger partial charge in [-0.25, -0.2) is 0 Å². The highest BCUT2D eigenvalue weighted by Crippen LogP contribution is 2.37. The Bertz CT molecular complexity index is 1090. The Kier molecular flexibility index (Phi) is 5.06. The van der Waals surface area contributed by atoms with Gasteiger partial charge in [0.2, 0.25) is 0 Å². The summed E-state index contributed by atoms with van der Waals surface area (Å²) in [5, 5.41) is 23.0. The summed E-state index contributed by atoms with van der Waals surface area (Å²) in [5.74, 6) is 0. The van der Waals surface area contributed by atoms with E-state index in [1.807, 2.05) is 65.7 Å². The first kappa shape index (κ1) is 18.4. The molecule has 142 valence electrons. The summed E-state index contributed by atoms with van der Waals surface area (Å²) in [7, 11) is 0. The molecule has 0 bridgehead atoms. The molecule has 1 heterocycles. The van der Waals surface area contributed by atoms with Gasteiger partial charge in [0.25, 0.3) is 5.69 Å². The van der Waals surface area contributed by atoms with Crippen molar-refractivity contribution in [2.45, 2.75) is 12.1 Å². The number of hydrogen-bond donors (Lipinski definition) is 1. The van der Waals surface area contributed by atoms with Gasteiger partial charge < -0.3 is 5.43 Å². The number of rotatable bonds is 5. The topological polar surface area (TPSA) is 82.2 Å². The van der Waals surface area contributed by atoms with Gasteiger partial charge in [-0.05, 0) is 22.8 Å². The van der Waals surface area contributed by atoms with Gasteiger partial charge in [0, 0.05) is 12.1 Å². The van der Waals surface area contributed by atoms with Crippen LogP contribution >= 0.6 is 0 Å². The molecule has 1 aliphatic rings. The number of nitrogens with one attached hydrogen (secondary N) is 1. The molecule has 0 saturated heterocycles. The summed E-state index contributed by atoms with van der Waals surface area (Å²) >= 11 is 0. The first-order valence-corrected chi connectivity index (χ1v) is 9.18. The lowest BCUT2D eigenvalue weighted by atomic mass is 10.0. The minimum atomic E-state index is -0.711. The molecule has 0 fully saturated rings. The molecule has 1 N–H and O–H groups in total. The molecule has 0 aromatic heterocycles. The molecule has 0 spiro atoms. The summed E-state index contributed by atoms with van der Waals surface area (Å²) in [5.41, 5.74) is 6.82. The Morgan fingerprint density at radius 2 is 1.69 bits per heavy atom. The number of hydrogen-bond acceptors (Lipinski definition) is 5. The van der Waals surface area contributed by atoms with Crippen molar-refractivity contribution in [1.82, 2.24) is 10.4 Å². The van der Waals surface area contributed by atoms with E-state index in [-0.39, 0.29) is 11.7 Å². The van der Waals surface area contributed by atoms with Gasteiger partial charge in [0.05, 0.1) is 22.7 Å². The smallest absolute Gasteiger partial charge is 0.269 e. The van der Waals surface area contributed by atoms with Gasteiger partial charge in [-0.2, -0.15) is 10.3 Å². The highest BCUT2D eigenvalue weighted by molar-refractivity contribution is 5.66. The molecule has 6 heteroatoms. The molecular weight excluding hydrogens is 364 g/mol. The van der Waals surface area contributed by atoms with E-state index in [0.717, 1.165) is 16.8 Å². The number of nitro benzene ring substituents is 1. The molecular formula is C23H18N4O2. The lowest BCUT2D eigenvalue weighted by Crippen LogP contribution is -2.37. The predicted molar refractivity (Wildman–Crippen MR) is 110 cm³/mol. The van der Waals surface area contributed by atoms with Crippen molar-refractivity contribution < 1.29 is 4.92 Å². The van der Waals surface area contributed by atoms with Crippen molar-refractivity contribution in [3.63, 3.8) is 0 Å². The fourth-order valence-electron chi connectivity index (χ4n) is 3.50. The summed E-state index contributed by atoms with van der Waals surface area (Å²) in [4.78, 5) is 10.7. The summed E-state index contributed by atoms with van der Waals surface area (Å²) in [6, 6.07) is 27.4. The van der Waals surface area contributed by atoms with Crippen LogP contribution in [0.2, 0.25) is 0 Å². The first-order chi connectivity index (χ1) is 14.2. The predicted octanol–water partition coefficient (Wildman–Crippen LogP) is 4.76. The average molecular weight is 382 g/mol. The molecule has 1 aliphatic heterocycles. The zero-order chi connectivity index (χ0) is 20.2. The molecule has 3 aromatic rings. The summed E-state index contributed by atoms with van der Waals surface area (Å²) in [6.07, 6.45) is 2.08.